The van der Waals surface area contributed by atoms with Crippen LogP contribution in [0.3, 0.4) is 0 Å². The Bertz CT molecular complexity index is 240. The Balaban J connectivity index is 2.50. The van der Waals surface area contributed by atoms with Crippen LogP contribution in [0.25, 0.3) is 0 Å². The van der Waals surface area contributed by atoms with E-state index in [2.05, 4.69) is 24.1 Å². The number of ether oxygens (including phenoxy) is 1. The molecule has 0 aliphatic heterocycles. The smallest absolute Gasteiger partial charge is 0.139 e. The zero-order chi connectivity index (χ0) is 10.2. The van der Waals surface area contributed by atoms with E-state index in [0.29, 0.717) is 0 Å². The monoisotopic (exact) mass is 194 g/mol. The molecular weight excluding hydrogens is 176 g/mol. The quantitative estimate of drug-likeness (QED) is 0.756. The fourth-order valence-corrected chi connectivity index (χ4v) is 1.08. The van der Waals surface area contributed by atoms with Gasteiger partial charge in [0.1, 0.15) is 5.75 Å². The van der Waals surface area contributed by atoms with Crippen LogP contribution in [-0.2, 0) is 0 Å². The summed E-state index contributed by atoms with van der Waals surface area (Å²) >= 11 is 0. The molecule has 1 N–H and O–H groups in total. The van der Waals surface area contributed by atoms with Gasteiger partial charge in [0.05, 0.1) is 24.7 Å². The molecule has 0 saturated carbocycles. The van der Waals surface area contributed by atoms with Gasteiger partial charge in [-0.1, -0.05) is 13.8 Å². The van der Waals surface area contributed by atoms with Crippen molar-refractivity contribution in [2.24, 2.45) is 0 Å². The van der Waals surface area contributed by atoms with Crippen LogP contribution in [-0.4, -0.2) is 18.1 Å². The number of nitrogens with one attached hydrogen (secondary N) is 1. The molecule has 3 nitrogen and oxygen atoms in total. The summed E-state index contributed by atoms with van der Waals surface area (Å²) in [5.41, 5.74) is 1.03. The SMILES string of the molecule is CCCNc1cncc(OCCC)c1. The lowest BCUT2D eigenvalue weighted by Gasteiger charge is -2.07. The molecule has 0 aromatic carbocycles. The number of hydrogen-bond donors (Lipinski definition) is 1. The summed E-state index contributed by atoms with van der Waals surface area (Å²) in [6, 6.07) is 1.98. The third-order valence-corrected chi connectivity index (χ3v) is 1.77. The summed E-state index contributed by atoms with van der Waals surface area (Å²) in [4.78, 5) is 4.10. The van der Waals surface area contributed by atoms with Crippen molar-refractivity contribution < 1.29 is 4.74 Å². The van der Waals surface area contributed by atoms with Crippen molar-refractivity contribution in [3.63, 3.8) is 0 Å². The van der Waals surface area contributed by atoms with Crippen LogP contribution < -0.4 is 10.1 Å². The number of nitrogens with zero attached hydrogens (tertiary/aromatic N) is 1. The maximum atomic E-state index is 5.47. The minimum atomic E-state index is 0.749. The van der Waals surface area contributed by atoms with Gasteiger partial charge in [-0.25, -0.2) is 0 Å². The van der Waals surface area contributed by atoms with E-state index in [9.17, 15) is 0 Å². The van der Waals surface area contributed by atoms with Gasteiger partial charge in [0.25, 0.3) is 0 Å². The molecule has 1 aromatic rings. The molecule has 0 amide bonds. The average Bonchev–Trinajstić information content (AvgIpc) is 2.24. The molecule has 0 atom stereocenters. The molecule has 14 heavy (non-hydrogen) atoms. The molecule has 0 spiro atoms. The zero-order valence-electron chi connectivity index (χ0n) is 8.92. The fourth-order valence-electron chi connectivity index (χ4n) is 1.08. The Morgan fingerprint density at radius 3 is 2.86 bits per heavy atom. The van der Waals surface area contributed by atoms with Crippen molar-refractivity contribution in [3.8, 4) is 5.75 Å². The van der Waals surface area contributed by atoms with Crippen LogP contribution in [0.5, 0.6) is 5.75 Å². The highest BCUT2D eigenvalue weighted by Crippen LogP contribution is 2.15. The highest BCUT2D eigenvalue weighted by Gasteiger charge is 1.95. The number of aromatic nitrogens is 1. The van der Waals surface area contributed by atoms with Gasteiger partial charge in [0, 0.05) is 12.6 Å². The minimum absolute atomic E-state index is 0.749. The van der Waals surface area contributed by atoms with Crippen LogP contribution in [0.15, 0.2) is 18.5 Å². The van der Waals surface area contributed by atoms with Crippen molar-refractivity contribution in [2.75, 3.05) is 18.5 Å². The van der Waals surface area contributed by atoms with Crippen molar-refractivity contribution in [3.05, 3.63) is 18.5 Å². The lowest BCUT2D eigenvalue weighted by Crippen LogP contribution is -2.01. The van der Waals surface area contributed by atoms with Crippen molar-refractivity contribution >= 4 is 5.69 Å². The second-order valence-electron chi connectivity index (χ2n) is 3.18. The van der Waals surface area contributed by atoms with Crippen LogP contribution in [0, 0.1) is 0 Å². The third kappa shape index (κ3) is 3.64. The topological polar surface area (TPSA) is 34.2 Å². The average molecular weight is 194 g/mol. The molecule has 1 aromatic heterocycles. The Labute approximate surface area is 85.5 Å². The maximum Gasteiger partial charge on any atom is 0.139 e. The number of pyridine rings is 1. The highest BCUT2D eigenvalue weighted by atomic mass is 16.5. The summed E-state index contributed by atoms with van der Waals surface area (Å²) in [5, 5.41) is 3.27. The molecular formula is C11H18N2O. The fraction of sp³-hybridized carbons (Fsp3) is 0.545. The standard InChI is InChI=1S/C11H18N2O/c1-3-5-13-10-7-11(9-12-8-10)14-6-4-2/h7-9,13H,3-6H2,1-2H3. The lowest BCUT2D eigenvalue weighted by atomic mass is 10.3. The van der Waals surface area contributed by atoms with E-state index in [1.54, 1.807) is 6.20 Å². The van der Waals surface area contributed by atoms with Crippen LogP contribution in [0.1, 0.15) is 26.7 Å². The van der Waals surface area contributed by atoms with E-state index in [4.69, 9.17) is 4.74 Å². The van der Waals surface area contributed by atoms with Gasteiger partial charge in [-0.2, -0.15) is 0 Å². The molecule has 0 aliphatic rings. The van der Waals surface area contributed by atoms with Gasteiger partial charge in [-0.05, 0) is 12.8 Å². The zero-order valence-corrected chi connectivity index (χ0v) is 8.92. The van der Waals surface area contributed by atoms with E-state index in [1.807, 2.05) is 12.3 Å². The molecule has 0 radical (unpaired) electrons. The van der Waals surface area contributed by atoms with Gasteiger partial charge in [0.2, 0.25) is 0 Å². The lowest BCUT2D eigenvalue weighted by molar-refractivity contribution is 0.316. The summed E-state index contributed by atoms with van der Waals surface area (Å²) in [5.74, 6) is 0.841. The van der Waals surface area contributed by atoms with Gasteiger partial charge in [-0.3, -0.25) is 4.98 Å². The maximum absolute atomic E-state index is 5.47. The van der Waals surface area contributed by atoms with Crippen LogP contribution in [0.4, 0.5) is 5.69 Å². The predicted molar refractivity (Wildman–Crippen MR) is 58.8 cm³/mol. The number of hydrogen-bond acceptors (Lipinski definition) is 3. The van der Waals surface area contributed by atoms with Gasteiger partial charge in [-0.15, -0.1) is 0 Å². The first-order valence-electron chi connectivity index (χ1n) is 5.18. The van der Waals surface area contributed by atoms with Gasteiger partial charge < -0.3 is 10.1 Å². The summed E-state index contributed by atoms with van der Waals surface area (Å²) in [6.45, 7) is 5.95. The molecule has 0 bridgehead atoms. The van der Waals surface area contributed by atoms with Crippen LogP contribution in [0.2, 0.25) is 0 Å². The van der Waals surface area contributed by atoms with Crippen LogP contribution >= 0.6 is 0 Å². The van der Waals surface area contributed by atoms with E-state index >= 15 is 0 Å². The summed E-state index contributed by atoms with van der Waals surface area (Å²) < 4.78 is 5.47. The number of rotatable bonds is 6. The Morgan fingerprint density at radius 2 is 2.14 bits per heavy atom. The first kappa shape index (κ1) is 10.8. The summed E-state index contributed by atoms with van der Waals surface area (Å²) in [6.07, 6.45) is 5.69. The van der Waals surface area contributed by atoms with E-state index in [-0.39, 0.29) is 0 Å². The normalized spacial score (nSPS) is 9.86. The molecule has 0 unspecified atom stereocenters. The minimum Gasteiger partial charge on any atom is -0.492 e. The molecule has 0 fully saturated rings. The Morgan fingerprint density at radius 1 is 1.29 bits per heavy atom. The molecule has 1 rings (SSSR count). The van der Waals surface area contributed by atoms with E-state index < -0.39 is 0 Å². The highest BCUT2D eigenvalue weighted by molar-refractivity contribution is 5.44. The second-order valence-corrected chi connectivity index (χ2v) is 3.18. The van der Waals surface area contributed by atoms with Gasteiger partial charge >= 0.3 is 0 Å². The molecule has 0 saturated heterocycles. The third-order valence-electron chi connectivity index (χ3n) is 1.77. The first-order chi connectivity index (χ1) is 6.86. The van der Waals surface area contributed by atoms with E-state index in [0.717, 1.165) is 37.4 Å². The Kier molecular flexibility index (Phi) is 4.83. The van der Waals surface area contributed by atoms with E-state index in [1.165, 1.54) is 0 Å². The molecule has 1 heterocycles. The molecule has 0 aliphatic carbocycles. The number of anilines is 1. The van der Waals surface area contributed by atoms with Crippen molar-refractivity contribution in [2.45, 2.75) is 26.7 Å². The second kappa shape index (κ2) is 6.24. The van der Waals surface area contributed by atoms with Crippen molar-refractivity contribution in [1.82, 2.24) is 4.98 Å². The first-order valence-corrected chi connectivity index (χ1v) is 5.18. The van der Waals surface area contributed by atoms with Crippen molar-refractivity contribution in [1.29, 1.82) is 0 Å². The predicted octanol–water partition coefficient (Wildman–Crippen LogP) is 2.69. The Hall–Kier alpha value is -1.25. The summed E-state index contributed by atoms with van der Waals surface area (Å²) in [7, 11) is 0. The molecule has 3 heteroatoms. The molecule has 78 valence electrons. The van der Waals surface area contributed by atoms with Gasteiger partial charge in [0.15, 0.2) is 0 Å². The largest absolute Gasteiger partial charge is 0.492 e.